The molecule has 0 unspecified atom stereocenters. The zero-order chi connectivity index (χ0) is 22.1. The quantitative estimate of drug-likeness (QED) is 0.303. The molecule has 0 bridgehead atoms. The smallest absolute Gasteiger partial charge is 0.253 e. The van der Waals surface area contributed by atoms with Gasteiger partial charge in [-0.15, -0.1) is 24.0 Å². The van der Waals surface area contributed by atoms with Gasteiger partial charge in [0.25, 0.3) is 5.91 Å². The van der Waals surface area contributed by atoms with E-state index in [1.165, 1.54) is 12.0 Å². The first kappa shape index (κ1) is 26.0. The Labute approximate surface area is 208 Å². The second-order valence-corrected chi connectivity index (χ2v) is 7.87. The van der Waals surface area contributed by atoms with E-state index in [2.05, 4.69) is 40.7 Å². The molecular weight excluding hydrogens is 515 g/mol. The minimum Gasteiger partial charge on any atom is -0.494 e. The summed E-state index contributed by atoms with van der Waals surface area (Å²) in [5.74, 6) is 1.76. The van der Waals surface area contributed by atoms with Crippen molar-refractivity contribution in [2.75, 3.05) is 26.7 Å². The van der Waals surface area contributed by atoms with Crippen LogP contribution in [0, 0.1) is 6.92 Å². The van der Waals surface area contributed by atoms with Gasteiger partial charge in [-0.2, -0.15) is 0 Å². The second-order valence-electron chi connectivity index (χ2n) is 7.87. The first-order valence-corrected chi connectivity index (χ1v) is 11.2. The van der Waals surface area contributed by atoms with Crippen LogP contribution < -0.4 is 15.4 Å². The Morgan fingerprint density at radius 1 is 1.03 bits per heavy atom. The lowest BCUT2D eigenvalue weighted by molar-refractivity contribution is 0.0724. The molecule has 32 heavy (non-hydrogen) atoms. The van der Waals surface area contributed by atoms with Gasteiger partial charge in [-0.1, -0.05) is 24.3 Å². The third kappa shape index (κ3) is 7.39. The van der Waals surface area contributed by atoms with Crippen LogP contribution in [-0.4, -0.2) is 43.5 Å². The molecule has 3 rings (SSSR count). The van der Waals surface area contributed by atoms with Crippen molar-refractivity contribution < 1.29 is 9.53 Å². The summed E-state index contributed by atoms with van der Waals surface area (Å²) < 4.78 is 5.76. The lowest BCUT2D eigenvalue weighted by atomic mass is 10.1. The van der Waals surface area contributed by atoms with Crippen molar-refractivity contribution in [3.8, 4) is 5.75 Å². The highest BCUT2D eigenvalue weighted by molar-refractivity contribution is 14.0. The van der Waals surface area contributed by atoms with Gasteiger partial charge in [0.05, 0.1) is 6.61 Å². The van der Waals surface area contributed by atoms with E-state index in [1.807, 2.05) is 36.1 Å². The van der Waals surface area contributed by atoms with E-state index in [0.29, 0.717) is 19.7 Å². The number of likely N-dealkylation sites (tertiary alicyclic amines) is 1. The SMILES string of the molecule is CCOc1cc(C)ccc1CNC(=NC)NCc1ccc(C(=O)N2CCCCC2)cc1.I. The van der Waals surface area contributed by atoms with Gasteiger partial charge in [-0.3, -0.25) is 9.79 Å². The number of carbonyl (C=O) groups excluding carboxylic acids is 1. The highest BCUT2D eigenvalue weighted by atomic mass is 127. The van der Waals surface area contributed by atoms with Gasteiger partial charge in [0.1, 0.15) is 5.75 Å². The normalized spacial score (nSPS) is 13.8. The molecule has 1 saturated heterocycles. The number of ether oxygens (including phenoxy) is 1. The molecule has 2 N–H and O–H groups in total. The number of nitrogens with one attached hydrogen (secondary N) is 2. The molecule has 1 aliphatic heterocycles. The van der Waals surface area contributed by atoms with Gasteiger partial charge >= 0.3 is 0 Å². The molecule has 174 valence electrons. The second kappa shape index (κ2) is 13.3. The minimum atomic E-state index is 0. The highest BCUT2D eigenvalue weighted by Crippen LogP contribution is 2.20. The van der Waals surface area contributed by atoms with Crippen LogP contribution in [0.25, 0.3) is 0 Å². The summed E-state index contributed by atoms with van der Waals surface area (Å²) in [5, 5.41) is 6.68. The highest BCUT2D eigenvalue weighted by Gasteiger charge is 2.17. The summed E-state index contributed by atoms with van der Waals surface area (Å²) in [6, 6.07) is 14.1. The molecule has 0 atom stereocenters. The number of rotatable bonds is 7. The molecule has 1 fully saturated rings. The average molecular weight is 550 g/mol. The van der Waals surface area contributed by atoms with E-state index in [-0.39, 0.29) is 29.9 Å². The van der Waals surface area contributed by atoms with Crippen molar-refractivity contribution >= 4 is 35.8 Å². The van der Waals surface area contributed by atoms with Crippen LogP contribution in [0.15, 0.2) is 47.5 Å². The standard InChI is InChI=1S/C25H34N4O2.HI/c1-4-31-23-16-19(2)8-11-22(23)18-28-25(26-3)27-17-20-9-12-21(13-10-20)24(30)29-14-6-5-7-15-29;/h8-13,16H,4-7,14-15,17-18H2,1-3H3,(H2,26,27,28);1H. The molecule has 6 nitrogen and oxygen atoms in total. The summed E-state index contributed by atoms with van der Waals surface area (Å²) in [4.78, 5) is 18.9. The van der Waals surface area contributed by atoms with Crippen LogP contribution in [0.5, 0.6) is 5.75 Å². The van der Waals surface area contributed by atoms with Crippen LogP contribution in [0.4, 0.5) is 0 Å². The number of amides is 1. The first-order valence-electron chi connectivity index (χ1n) is 11.2. The summed E-state index contributed by atoms with van der Waals surface area (Å²) in [6.45, 7) is 7.69. The summed E-state index contributed by atoms with van der Waals surface area (Å²) in [5.41, 5.74) is 4.13. The maximum Gasteiger partial charge on any atom is 0.253 e. The van der Waals surface area contributed by atoms with E-state index in [4.69, 9.17) is 4.74 Å². The van der Waals surface area contributed by atoms with Crippen molar-refractivity contribution in [3.05, 3.63) is 64.7 Å². The van der Waals surface area contributed by atoms with Crippen molar-refractivity contribution in [3.63, 3.8) is 0 Å². The Hall–Kier alpha value is -2.29. The van der Waals surface area contributed by atoms with E-state index in [9.17, 15) is 4.79 Å². The molecule has 0 spiro atoms. The van der Waals surface area contributed by atoms with Crippen LogP contribution in [0.1, 0.15) is 53.2 Å². The molecule has 7 heteroatoms. The molecule has 1 aliphatic rings. The Morgan fingerprint density at radius 3 is 2.38 bits per heavy atom. The third-order valence-corrected chi connectivity index (χ3v) is 5.50. The topological polar surface area (TPSA) is 66.0 Å². The fourth-order valence-corrected chi connectivity index (χ4v) is 3.73. The van der Waals surface area contributed by atoms with Crippen LogP contribution in [-0.2, 0) is 13.1 Å². The number of halogens is 1. The molecule has 2 aromatic rings. The number of hydrogen-bond donors (Lipinski definition) is 2. The monoisotopic (exact) mass is 550 g/mol. The fourth-order valence-electron chi connectivity index (χ4n) is 3.73. The largest absolute Gasteiger partial charge is 0.494 e. The lowest BCUT2D eigenvalue weighted by Gasteiger charge is -2.26. The van der Waals surface area contributed by atoms with E-state index < -0.39 is 0 Å². The van der Waals surface area contributed by atoms with Crippen molar-refractivity contribution in [2.24, 2.45) is 4.99 Å². The zero-order valence-corrected chi connectivity index (χ0v) is 21.6. The Kier molecular flexibility index (Phi) is 10.8. The molecule has 0 aromatic heterocycles. The maximum absolute atomic E-state index is 12.6. The number of carbonyl (C=O) groups is 1. The van der Waals surface area contributed by atoms with Crippen molar-refractivity contribution in [2.45, 2.75) is 46.2 Å². The van der Waals surface area contributed by atoms with Crippen molar-refractivity contribution in [1.82, 2.24) is 15.5 Å². The number of guanidine groups is 1. The average Bonchev–Trinajstić information content (AvgIpc) is 2.81. The number of hydrogen-bond acceptors (Lipinski definition) is 3. The van der Waals surface area contributed by atoms with Crippen LogP contribution in [0.2, 0.25) is 0 Å². The van der Waals surface area contributed by atoms with E-state index >= 15 is 0 Å². The molecule has 1 amide bonds. The van der Waals surface area contributed by atoms with Gasteiger partial charge in [0.2, 0.25) is 0 Å². The molecule has 1 heterocycles. The molecule has 0 radical (unpaired) electrons. The molecule has 0 aliphatic carbocycles. The van der Waals surface area contributed by atoms with Crippen LogP contribution >= 0.6 is 24.0 Å². The number of aliphatic imine (C=N–C) groups is 1. The van der Waals surface area contributed by atoms with Gasteiger partial charge in [0.15, 0.2) is 5.96 Å². The maximum atomic E-state index is 12.6. The number of piperidine rings is 1. The fraction of sp³-hybridized carbons (Fsp3) is 0.440. The molecule has 0 saturated carbocycles. The predicted molar refractivity (Wildman–Crippen MR) is 141 cm³/mol. The van der Waals surface area contributed by atoms with Gasteiger partial charge < -0.3 is 20.3 Å². The summed E-state index contributed by atoms with van der Waals surface area (Å²) in [6.07, 6.45) is 3.43. The van der Waals surface area contributed by atoms with Gasteiger partial charge in [-0.05, 0) is 62.4 Å². The molecule has 2 aromatic carbocycles. The number of benzene rings is 2. The molecular formula is C25H35IN4O2. The van der Waals surface area contributed by atoms with Gasteiger partial charge in [-0.25, -0.2) is 0 Å². The Balaban J connectivity index is 0.00000363. The Bertz CT molecular complexity index is 893. The zero-order valence-electron chi connectivity index (χ0n) is 19.3. The van der Waals surface area contributed by atoms with Crippen molar-refractivity contribution in [1.29, 1.82) is 0 Å². The lowest BCUT2D eigenvalue weighted by Crippen LogP contribution is -2.36. The predicted octanol–water partition coefficient (Wildman–Crippen LogP) is 4.50. The minimum absolute atomic E-state index is 0. The summed E-state index contributed by atoms with van der Waals surface area (Å²) in [7, 11) is 1.76. The third-order valence-electron chi connectivity index (χ3n) is 5.50. The van der Waals surface area contributed by atoms with E-state index in [0.717, 1.165) is 54.3 Å². The van der Waals surface area contributed by atoms with Gasteiger partial charge in [0, 0.05) is 44.4 Å². The van der Waals surface area contributed by atoms with E-state index in [1.54, 1.807) is 7.05 Å². The number of aryl methyl sites for hydroxylation is 1. The number of nitrogens with zero attached hydrogens (tertiary/aromatic N) is 2. The van der Waals surface area contributed by atoms with Crippen LogP contribution in [0.3, 0.4) is 0 Å². The summed E-state index contributed by atoms with van der Waals surface area (Å²) >= 11 is 0. The first-order chi connectivity index (χ1) is 15.1. The Morgan fingerprint density at radius 2 is 1.72 bits per heavy atom.